The van der Waals surface area contributed by atoms with Gasteiger partial charge in [0.2, 0.25) is 5.91 Å². The van der Waals surface area contributed by atoms with Crippen molar-refractivity contribution in [2.24, 2.45) is 0 Å². The van der Waals surface area contributed by atoms with Crippen molar-refractivity contribution in [3.05, 3.63) is 35.4 Å². The van der Waals surface area contributed by atoms with Gasteiger partial charge >= 0.3 is 5.97 Å². The van der Waals surface area contributed by atoms with Gasteiger partial charge in [0.05, 0.1) is 25.7 Å². The molecule has 1 N–H and O–H groups in total. The lowest BCUT2D eigenvalue weighted by Gasteiger charge is -2.43. The fraction of sp³-hybridized carbons (Fsp3) is 0.600. The number of carbonyl (C=O) groups excluding carboxylic acids is 2. The largest absolute Gasteiger partial charge is 0.469 e. The molecule has 1 saturated heterocycles. The van der Waals surface area contributed by atoms with E-state index in [2.05, 4.69) is 21.8 Å². The minimum atomic E-state index is -0.484. The molecule has 1 fully saturated rings. The standard InChI is InChI=1S/C20H28N2O4/c1-21(2)18-14-6-4-5-7-15(14)20(19(18)25)10-12-22(13-11-20)16(23)8-9-17(24)26-3/h4-7,18-19,25H,8-13H2,1-3H3/t18-,19+/m1/s1. The Labute approximate surface area is 154 Å². The number of esters is 1. The van der Waals surface area contributed by atoms with E-state index >= 15 is 0 Å². The van der Waals surface area contributed by atoms with E-state index in [1.54, 1.807) is 0 Å². The number of rotatable bonds is 4. The minimum absolute atomic E-state index is 0.0184. The first kappa shape index (κ1) is 18.9. The lowest BCUT2D eigenvalue weighted by Crippen LogP contribution is -2.50. The van der Waals surface area contributed by atoms with Crippen molar-refractivity contribution in [2.75, 3.05) is 34.3 Å². The maximum Gasteiger partial charge on any atom is 0.306 e. The highest BCUT2D eigenvalue weighted by atomic mass is 16.5. The molecule has 26 heavy (non-hydrogen) atoms. The van der Waals surface area contributed by atoms with E-state index in [9.17, 15) is 14.7 Å². The molecular formula is C20H28N2O4. The van der Waals surface area contributed by atoms with Crippen LogP contribution in [0.1, 0.15) is 42.9 Å². The van der Waals surface area contributed by atoms with E-state index in [0.29, 0.717) is 13.1 Å². The Balaban J connectivity index is 1.74. The first-order valence-electron chi connectivity index (χ1n) is 9.19. The Kier molecular flexibility index (Phi) is 5.34. The number of hydrogen-bond donors (Lipinski definition) is 1. The second-order valence-electron chi connectivity index (χ2n) is 7.55. The van der Waals surface area contributed by atoms with E-state index in [0.717, 1.165) is 12.8 Å². The van der Waals surface area contributed by atoms with Crippen LogP contribution in [0.15, 0.2) is 24.3 Å². The summed E-state index contributed by atoms with van der Waals surface area (Å²) >= 11 is 0. The molecule has 1 heterocycles. The average molecular weight is 360 g/mol. The first-order valence-corrected chi connectivity index (χ1v) is 9.19. The SMILES string of the molecule is COC(=O)CCC(=O)N1CCC2(CC1)c1ccccc1[C@@H](N(C)C)[C@@H]2O. The van der Waals surface area contributed by atoms with Crippen LogP contribution < -0.4 is 0 Å². The Hall–Kier alpha value is -1.92. The molecule has 0 aromatic heterocycles. The zero-order chi connectivity index (χ0) is 18.9. The molecule has 0 saturated carbocycles. The van der Waals surface area contributed by atoms with Crippen LogP contribution in [-0.2, 0) is 19.7 Å². The molecule has 1 aromatic carbocycles. The van der Waals surface area contributed by atoms with Gasteiger partial charge in [-0.3, -0.25) is 9.59 Å². The predicted molar refractivity (Wildman–Crippen MR) is 97.6 cm³/mol. The normalized spacial score (nSPS) is 24.0. The number of piperidine rings is 1. The number of aliphatic hydroxyl groups is 1. The van der Waals surface area contributed by atoms with E-state index < -0.39 is 6.10 Å². The van der Waals surface area contributed by atoms with E-state index in [1.165, 1.54) is 18.2 Å². The summed E-state index contributed by atoms with van der Waals surface area (Å²) in [5.41, 5.74) is 2.10. The topological polar surface area (TPSA) is 70.1 Å². The smallest absolute Gasteiger partial charge is 0.306 e. The van der Waals surface area contributed by atoms with Crippen molar-refractivity contribution >= 4 is 11.9 Å². The van der Waals surface area contributed by atoms with E-state index in [1.807, 2.05) is 31.1 Å². The average Bonchev–Trinajstić information content (AvgIpc) is 2.89. The van der Waals surface area contributed by atoms with Gasteiger partial charge < -0.3 is 19.6 Å². The Morgan fingerprint density at radius 1 is 1.23 bits per heavy atom. The van der Waals surface area contributed by atoms with Crippen molar-refractivity contribution in [1.82, 2.24) is 9.80 Å². The van der Waals surface area contributed by atoms with Crippen molar-refractivity contribution in [1.29, 1.82) is 0 Å². The summed E-state index contributed by atoms with van der Waals surface area (Å²) in [6, 6.07) is 8.25. The molecule has 0 unspecified atom stereocenters. The lowest BCUT2D eigenvalue weighted by molar-refractivity contribution is -0.144. The third-order valence-corrected chi connectivity index (χ3v) is 6.02. The van der Waals surface area contributed by atoms with Gasteiger partial charge in [-0.1, -0.05) is 24.3 Å². The zero-order valence-corrected chi connectivity index (χ0v) is 15.8. The van der Waals surface area contributed by atoms with Gasteiger partial charge in [-0.25, -0.2) is 0 Å². The van der Waals surface area contributed by atoms with Crippen LogP contribution in [0.2, 0.25) is 0 Å². The zero-order valence-electron chi connectivity index (χ0n) is 15.8. The van der Waals surface area contributed by atoms with Crippen LogP contribution in [0.25, 0.3) is 0 Å². The van der Waals surface area contributed by atoms with Gasteiger partial charge in [0.25, 0.3) is 0 Å². The molecule has 6 nitrogen and oxygen atoms in total. The number of hydrogen-bond acceptors (Lipinski definition) is 5. The van der Waals surface area contributed by atoms with Crippen LogP contribution in [0, 0.1) is 0 Å². The molecule has 0 bridgehead atoms. The van der Waals surface area contributed by atoms with Gasteiger partial charge in [-0.2, -0.15) is 0 Å². The van der Waals surface area contributed by atoms with Crippen LogP contribution in [-0.4, -0.2) is 67.2 Å². The van der Waals surface area contributed by atoms with Gasteiger partial charge in [-0.15, -0.1) is 0 Å². The Morgan fingerprint density at radius 2 is 1.88 bits per heavy atom. The number of carbonyl (C=O) groups is 2. The number of aliphatic hydroxyl groups excluding tert-OH is 1. The summed E-state index contributed by atoms with van der Waals surface area (Å²) in [5, 5.41) is 11.2. The predicted octanol–water partition coefficient (Wildman–Crippen LogP) is 1.48. The maximum absolute atomic E-state index is 12.4. The van der Waals surface area contributed by atoms with Crippen LogP contribution in [0.3, 0.4) is 0 Å². The van der Waals surface area contributed by atoms with Crippen molar-refractivity contribution < 1.29 is 19.4 Å². The molecule has 6 heteroatoms. The monoisotopic (exact) mass is 360 g/mol. The van der Waals surface area contributed by atoms with Crippen molar-refractivity contribution in [3.63, 3.8) is 0 Å². The van der Waals surface area contributed by atoms with E-state index in [-0.39, 0.29) is 36.2 Å². The van der Waals surface area contributed by atoms with Crippen molar-refractivity contribution in [3.8, 4) is 0 Å². The van der Waals surface area contributed by atoms with Gasteiger partial charge in [0.1, 0.15) is 0 Å². The molecular weight excluding hydrogens is 332 g/mol. The molecule has 1 amide bonds. The number of nitrogens with zero attached hydrogens (tertiary/aromatic N) is 2. The third-order valence-electron chi connectivity index (χ3n) is 6.02. The van der Waals surface area contributed by atoms with Gasteiger partial charge in [0, 0.05) is 24.9 Å². The minimum Gasteiger partial charge on any atom is -0.469 e. The number of ether oxygens (including phenoxy) is 1. The fourth-order valence-corrected chi connectivity index (χ4v) is 4.59. The molecule has 2 atom stereocenters. The summed E-state index contributed by atoms with van der Waals surface area (Å²) in [6.45, 7) is 1.21. The quantitative estimate of drug-likeness (QED) is 0.824. The van der Waals surface area contributed by atoms with E-state index in [4.69, 9.17) is 0 Å². The van der Waals surface area contributed by atoms with Crippen LogP contribution in [0.5, 0.6) is 0 Å². The summed E-state index contributed by atoms with van der Waals surface area (Å²) < 4.78 is 4.60. The number of likely N-dealkylation sites (N-methyl/N-ethyl adjacent to an activating group) is 1. The second-order valence-corrected chi connectivity index (χ2v) is 7.55. The summed E-state index contributed by atoms with van der Waals surface area (Å²) in [4.78, 5) is 27.5. The fourth-order valence-electron chi connectivity index (χ4n) is 4.59. The molecule has 1 spiro atoms. The molecule has 142 valence electrons. The highest BCUT2D eigenvalue weighted by Gasteiger charge is 2.53. The van der Waals surface area contributed by atoms with Gasteiger partial charge in [0.15, 0.2) is 0 Å². The first-order chi connectivity index (χ1) is 12.4. The molecule has 1 aromatic rings. The molecule has 1 aliphatic heterocycles. The maximum atomic E-state index is 12.4. The molecule has 2 aliphatic rings. The Bertz CT molecular complexity index is 680. The Morgan fingerprint density at radius 3 is 2.50 bits per heavy atom. The number of likely N-dealkylation sites (tertiary alicyclic amines) is 1. The number of amides is 1. The van der Waals surface area contributed by atoms with Gasteiger partial charge in [-0.05, 0) is 38.1 Å². The molecule has 3 rings (SSSR count). The van der Waals surface area contributed by atoms with Crippen LogP contribution in [0.4, 0.5) is 0 Å². The number of methoxy groups -OCH3 is 1. The third kappa shape index (κ3) is 3.12. The summed E-state index contributed by atoms with van der Waals surface area (Å²) in [6.07, 6.45) is 1.28. The lowest BCUT2D eigenvalue weighted by atomic mass is 9.72. The number of fused-ring (bicyclic) bond motifs is 2. The highest BCUT2D eigenvalue weighted by Crippen LogP contribution is 2.52. The highest BCUT2D eigenvalue weighted by molar-refractivity contribution is 5.81. The summed E-state index contributed by atoms with van der Waals surface area (Å²) in [5.74, 6) is -0.379. The summed E-state index contributed by atoms with van der Waals surface area (Å²) in [7, 11) is 5.32. The molecule has 0 radical (unpaired) electrons. The number of benzene rings is 1. The molecule has 1 aliphatic carbocycles. The van der Waals surface area contributed by atoms with Crippen molar-refractivity contribution in [2.45, 2.75) is 43.2 Å². The second kappa shape index (κ2) is 7.37. The van der Waals surface area contributed by atoms with Crippen LogP contribution >= 0.6 is 0 Å².